The normalized spacial score (nSPS) is 15.9. The maximum absolute atomic E-state index is 5.56. The van der Waals surface area contributed by atoms with Gasteiger partial charge < -0.3 is 4.43 Å². The molecular weight excluding hydrogens is 210 g/mol. The zero-order valence-electron chi connectivity index (χ0n) is 6.20. The van der Waals surface area contributed by atoms with Crippen LogP contribution < -0.4 is 0 Å². The molecule has 62 valence electrons. The molecule has 1 nitrogen and oxygen atoms in total. The Morgan fingerprint density at radius 2 is 1.70 bits per heavy atom. The van der Waals surface area contributed by atoms with E-state index in [2.05, 4.69) is 0 Å². The number of hydrogen-bond donors (Lipinski definition) is 0. The van der Waals surface area contributed by atoms with Gasteiger partial charge >= 0.3 is 0 Å². The highest BCUT2D eigenvalue weighted by molar-refractivity contribution is 6.68. The molecule has 1 atom stereocenters. The molecule has 0 aromatic carbocycles. The lowest BCUT2D eigenvalue weighted by Crippen LogP contribution is -2.29. The molecule has 0 N–H and O–H groups in total. The Morgan fingerprint density at radius 1 is 1.30 bits per heavy atom. The molecule has 0 radical (unpaired) electrons. The van der Waals surface area contributed by atoms with E-state index in [-0.39, 0.29) is 6.10 Å². The largest absolute Gasteiger partial charge is 0.414 e. The second-order valence-corrected chi connectivity index (χ2v) is 7.11. The van der Waals surface area contributed by atoms with Crippen molar-refractivity contribution in [2.24, 2.45) is 0 Å². The summed E-state index contributed by atoms with van der Waals surface area (Å²) in [6, 6.07) is 0. The average molecular weight is 222 g/mol. The van der Waals surface area contributed by atoms with Crippen molar-refractivity contribution in [3.63, 3.8) is 0 Å². The smallest absolute Gasteiger partial charge is 0.214 e. The van der Waals surface area contributed by atoms with Gasteiger partial charge in [0.25, 0.3) is 0 Å². The van der Waals surface area contributed by atoms with Crippen LogP contribution in [-0.4, -0.2) is 18.9 Å². The molecule has 0 aromatic rings. The molecule has 0 fully saturated rings. The van der Waals surface area contributed by atoms with E-state index in [0.29, 0.717) is 0 Å². The van der Waals surface area contributed by atoms with Gasteiger partial charge in [-0.25, -0.2) is 0 Å². The van der Waals surface area contributed by atoms with Gasteiger partial charge in [0.1, 0.15) is 0 Å². The van der Waals surface area contributed by atoms with Crippen molar-refractivity contribution in [2.45, 2.75) is 29.9 Å². The molecule has 1 unspecified atom stereocenters. The van der Waals surface area contributed by atoms with E-state index < -0.39 is 12.8 Å². The molecule has 0 aliphatic carbocycles. The number of alkyl halides is 3. The fourth-order valence-electron chi connectivity index (χ4n) is 0.485. The summed E-state index contributed by atoms with van der Waals surface area (Å²) in [5, 5.41) is 0. The third-order valence-corrected chi connectivity index (χ3v) is 2.81. The first-order valence-electron chi connectivity index (χ1n) is 3.06. The van der Waals surface area contributed by atoms with Gasteiger partial charge in [0, 0.05) is 0 Å². The van der Waals surface area contributed by atoms with Crippen LogP contribution in [0.3, 0.4) is 0 Å². The van der Waals surface area contributed by atoms with Crippen LogP contribution in [0.2, 0.25) is 13.1 Å². The van der Waals surface area contributed by atoms with Gasteiger partial charge in [-0.1, -0.05) is 34.8 Å². The highest BCUT2D eigenvalue weighted by atomic mass is 35.6. The molecule has 0 bridgehead atoms. The summed E-state index contributed by atoms with van der Waals surface area (Å²) in [5.41, 5.74) is 0. The maximum atomic E-state index is 5.56. The third kappa shape index (κ3) is 4.80. The highest BCUT2D eigenvalue weighted by Gasteiger charge is 2.29. The van der Waals surface area contributed by atoms with Gasteiger partial charge in [-0.05, 0) is 20.0 Å². The third-order valence-electron chi connectivity index (χ3n) is 0.937. The number of halogens is 3. The highest BCUT2D eigenvalue weighted by Crippen LogP contribution is 2.32. The van der Waals surface area contributed by atoms with E-state index in [0.717, 1.165) is 0 Å². The molecule has 0 aromatic heterocycles. The van der Waals surface area contributed by atoms with Gasteiger partial charge in [0.05, 0.1) is 6.10 Å². The second-order valence-electron chi connectivity index (χ2n) is 2.37. The van der Waals surface area contributed by atoms with Crippen LogP contribution in [0.1, 0.15) is 6.92 Å². The monoisotopic (exact) mass is 220 g/mol. The lowest BCUT2D eigenvalue weighted by atomic mass is 10.5. The van der Waals surface area contributed by atoms with Gasteiger partial charge in [0.2, 0.25) is 3.79 Å². The molecule has 10 heavy (non-hydrogen) atoms. The van der Waals surface area contributed by atoms with Gasteiger partial charge in [-0.2, -0.15) is 0 Å². The maximum Gasteiger partial charge on any atom is 0.214 e. The summed E-state index contributed by atoms with van der Waals surface area (Å²) in [4.78, 5) is 0. The lowest BCUT2D eigenvalue weighted by Gasteiger charge is -2.22. The molecular formula is C5H11Cl3OSi. The quantitative estimate of drug-likeness (QED) is 0.515. The predicted molar refractivity (Wildman–Crippen MR) is 49.7 cm³/mol. The van der Waals surface area contributed by atoms with E-state index in [9.17, 15) is 0 Å². The summed E-state index contributed by atoms with van der Waals surface area (Å²) in [5.74, 6) is 0. The molecule has 0 spiro atoms. The molecule has 0 saturated carbocycles. The Balaban J connectivity index is 3.73. The van der Waals surface area contributed by atoms with E-state index >= 15 is 0 Å². The fraction of sp³-hybridized carbons (Fsp3) is 1.00. The molecule has 5 heteroatoms. The molecule has 0 saturated heterocycles. The SMILES string of the molecule is CC(O[SiH](C)C)C(Cl)(Cl)Cl. The Kier molecular flexibility index (Phi) is 4.60. The van der Waals surface area contributed by atoms with Crippen LogP contribution in [0.25, 0.3) is 0 Å². The van der Waals surface area contributed by atoms with Gasteiger partial charge in [0.15, 0.2) is 9.04 Å². The van der Waals surface area contributed by atoms with Crippen molar-refractivity contribution in [3.05, 3.63) is 0 Å². The van der Waals surface area contributed by atoms with Crippen LogP contribution in [0, 0.1) is 0 Å². The van der Waals surface area contributed by atoms with E-state index in [1.807, 2.05) is 13.1 Å². The van der Waals surface area contributed by atoms with Gasteiger partial charge in [-0.15, -0.1) is 0 Å². The topological polar surface area (TPSA) is 9.23 Å². The molecule has 0 aliphatic heterocycles. The Bertz CT molecular complexity index is 102. The zero-order chi connectivity index (χ0) is 8.36. The first kappa shape index (κ1) is 11.0. The standard InChI is InChI=1S/C5H11Cl3OSi/c1-4(5(6,7)8)9-10(2)3/h4,10H,1-3H3. The average Bonchev–Trinajstić information content (AvgIpc) is 1.60. The van der Waals surface area contributed by atoms with Crippen molar-refractivity contribution in [1.82, 2.24) is 0 Å². The van der Waals surface area contributed by atoms with Crippen molar-refractivity contribution in [1.29, 1.82) is 0 Å². The van der Waals surface area contributed by atoms with Crippen LogP contribution in [0.4, 0.5) is 0 Å². The minimum atomic E-state index is -1.28. The summed E-state index contributed by atoms with van der Waals surface area (Å²) < 4.78 is 4.08. The summed E-state index contributed by atoms with van der Waals surface area (Å²) in [6.45, 7) is 5.83. The minimum absolute atomic E-state index is 0.302. The summed E-state index contributed by atoms with van der Waals surface area (Å²) in [7, 11) is -1.08. The van der Waals surface area contributed by atoms with Crippen LogP contribution in [0.5, 0.6) is 0 Å². The van der Waals surface area contributed by atoms with Crippen molar-refractivity contribution < 1.29 is 4.43 Å². The van der Waals surface area contributed by atoms with Crippen LogP contribution >= 0.6 is 34.8 Å². The van der Waals surface area contributed by atoms with E-state index in [4.69, 9.17) is 39.2 Å². The minimum Gasteiger partial charge on any atom is -0.414 e. The summed E-state index contributed by atoms with van der Waals surface area (Å²) >= 11 is 16.7. The fourth-order valence-corrected chi connectivity index (χ4v) is 1.92. The second kappa shape index (κ2) is 4.17. The van der Waals surface area contributed by atoms with Crippen LogP contribution in [-0.2, 0) is 4.43 Å². The van der Waals surface area contributed by atoms with Crippen molar-refractivity contribution in [3.8, 4) is 0 Å². The Morgan fingerprint density at radius 3 is 1.80 bits per heavy atom. The summed E-state index contributed by atoms with van der Waals surface area (Å²) in [6.07, 6.45) is -0.302. The Hall–Kier alpha value is 1.05. The molecule has 0 heterocycles. The van der Waals surface area contributed by atoms with Gasteiger partial charge in [-0.3, -0.25) is 0 Å². The predicted octanol–water partition coefficient (Wildman–Crippen LogP) is 2.75. The molecule has 0 amide bonds. The Labute approximate surface area is 78.3 Å². The van der Waals surface area contributed by atoms with E-state index in [1.54, 1.807) is 6.92 Å². The van der Waals surface area contributed by atoms with E-state index in [1.165, 1.54) is 0 Å². The lowest BCUT2D eigenvalue weighted by molar-refractivity contribution is 0.230. The molecule has 0 rings (SSSR count). The zero-order valence-corrected chi connectivity index (χ0v) is 9.62. The number of rotatable bonds is 2. The molecule has 0 aliphatic rings. The first-order chi connectivity index (χ1) is 4.34. The van der Waals surface area contributed by atoms with Crippen LogP contribution in [0.15, 0.2) is 0 Å². The number of hydrogen-bond acceptors (Lipinski definition) is 1. The first-order valence-corrected chi connectivity index (χ1v) is 6.97. The van der Waals surface area contributed by atoms with Crippen molar-refractivity contribution >= 4 is 43.8 Å². The van der Waals surface area contributed by atoms with Crippen molar-refractivity contribution in [2.75, 3.05) is 0 Å².